The Labute approximate surface area is 296 Å². The van der Waals surface area contributed by atoms with Crippen molar-refractivity contribution in [1.29, 1.82) is 0 Å². The third-order valence-electron chi connectivity index (χ3n) is 11.8. The number of nitrogens with zero attached hydrogens (tertiary/aromatic N) is 6. The van der Waals surface area contributed by atoms with E-state index in [0.29, 0.717) is 74.3 Å². The Kier molecular flexibility index (Phi) is 8.73. The van der Waals surface area contributed by atoms with Crippen LogP contribution < -0.4 is 16.7 Å². The van der Waals surface area contributed by atoms with Gasteiger partial charge in [0.2, 0.25) is 5.91 Å². The van der Waals surface area contributed by atoms with Crippen LogP contribution in [0.4, 0.5) is 10.5 Å². The summed E-state index contributed by atoms with van der Waals surface area (Å²) in [5.41, 5.74) is 10.6. The molecule has 0 aliphatic carbocycles. The highest BCUT2D eigenvalue weighted by Gasteiger charge is 2.45. The lowest BCUT2D eigenvalue weighted by atomic mass is 9.98. The number of urea groups is 1. The molecule has 3 amide bonds. The summed E-state index contributed by atoms with van der Waals surface area (Å²) in [5.74, 6) is -0.0648. The van der Waals surface area contributed by atoms with Crippen LogP contribution in [0.5, 0.6) is 0 Å². The fraction of sp³-hybridized carbons (Fsp3) is 0.514. The molecule has 4 fully saturated rings. The number of aromatic nitrogens is 3. The Morgan fingerprint density at radius 2 is 1.72 bits per heavy atom. The van der Waals surface area contributed by atoms with E-state index < -0.39 is 6.04 Å². The van der Waals surface area contributed by atoms with E-state index in [9.17, 15) is 14.4 Å². The predicted octanol–water partition coefficient (Wildman–Crippen LogP) is 3.76. The van der Waals surface area contributed by atoms with E-state index in [0.717, 1.165) is 59.0 Å². The quantitative estimate of drug-likeness (QED) is 0.261. The number of benzene rings is 2. The molecule has 13 heteroatoms. The Hall–Kier alpha value is -4.13. The number of aryl methyl sites for hydroxylation is 1. The number of anilines is 1. The molecule has 4 aliphatic rings. The zero-order valence-corrected chi connectivity index (χ0v) is 29.5. The van der Waals surface area contributed by atoms with Gasteiger partial charge in [0, 0.05) is 75.2 Å². The molecule has 2 aromatic heterocycles. The summed E-state index contributed by atoms with van der Waals surface area (Å²) in [5, 5.41) is 4.46. The average Bonchev–Trinajstić information content (AvgIpc) is 3.81. The van der Waals surface area contributed by atoms with Crippen LogP contribution in [0.15, 0.2) is 47.4 Å². The number of piperidine rings is 2. The number of likely N-dealkylation sites (tertiary alicyclic amines) is 4. The number of hydrogen-bond donors (Lipinski definition) is 3. The van der Waals surface area contributed by atoms with Gasteiger partial charge in [-0.1, -0.05) is 35.9 Å². The molecular weight excluding hydrogens is 654 g/mol. The van der Waals surface area contributed by atoms with Crippen LogP contribution in [0.3, 0.4) is 0 Å². The second kappa shape index (κ2) is 13.2. The number of carbonyl (C=O) groups excluding carboxylic acids is 2. The standard InChI is InChI=1S/C37H46ClN9O3/c1-22-15-23(16-29(38)33(22)39)17-31(35(48)44-11-7-24(8-12-44)46-21-26-18-27(46)20-43(26)2)41-36(49)45-13-9-25(10-14-45)47-32-19-40-30-6-4-3-5-28(30)34(32)42-37(47)50/h3-6,15-16,19,24-27,31H,7-14,17-18,20-21,39H2,1-2H3,(H,41,49)(H,42,50)/t26?,27?,31-/m1/s1. The number of aromatic amines is 1. The van der Waals surface area contributed by atoms with Crippen LogP contribution in [0.2, 0.25) is 5.02 Å². The Bertz CT molecular complexity index is 1970. The summed E-state index contributed by atoms with van der Waals surface area (Å²) in [6.45, 7) is 6.42. The largest absolute Gasteiger partial charge is 0.397 e. The molecule has 3 atom stereocenters. The molecule has 4 saturated heterocycles. The van der Waals surface area contributed by atoms with Crippen molar-refractivity contribution in [2.45, 2.75) is 75.7 Å². The van der Waals surface area contributed by atoms with Crippen LogP contribution in [0.1, 0.15) is 49.3 Å². The summed E-state index contributed by atoms with van der Waals surface area (Å²) in [6.07, 6.45) is 6.43. The maximum absolute atomic E-state index is 14.2. The second-order valence-corrected chi connectivity index (χ2v) is 15.2. The Morgan fingerprint density at radius 3 is 2.42 bits per heavy atom. The van der Waals surface area contributed by atoms with Gasteiger partial charge < -0.3 is 30.7 Å². The maximum Gasteiger partial charge on any atom is 0.326 e. The highest BCUT2D eigenvalue weighted by Crippen LogP contribution is 2.34. The van der Waals surface area contributed by atoms with Gasteiger partial charge in [0.1, 0.15) is 6.04 Å². The molecule has 264 valence electrons. The molecule has 2 aromatic carbocycles. The summed E-state index contributed by atoms with van der Waals surface area (Å²) in [7, 11) is 2.22. The number of nitrogens with one attached hydrogen (secondary N) is 2. The van der Waals surface area contributed by atoms with Crippen molar-refractivity contribution in [3.05, 3.63) is 69.2 Å². The van der Waals surface area contributed by atoms with E-state index in [1.807, 2.05) is 42.2 Å². The first-order valence-corrected chi connectivity index (χ1v) is 18.3. The van der Waals surface area contributed by atoms with Gasteiger partial charge in [-0.25, -0.2) is 9.59 Å². The van der Waals surface area contributed by atoms with Crippen molar-refractivity contribution < 1.29 is 9.59 Å². The molecule has 12 nitrogen and oxygen atoms in total. The number of pyridine rings is 1. The number of fused-ring (bicyclic) bond motifs is 5. The van der Waals surface area contributed by atoms with E-state index in [4.69, 9.17) is 17.3 Å². The van der Waals surface area contributed by atoms with Crippen LogP contribution >= 0.6 is 11.6 Å². The van der Waals surface area contributed by atoms with Crippen molar-refractivity contribution in [1.82, 2.24) is 39.5 Å². The third kappa shape index (κ3) is 6.01. The highest BCUT2D eigenvalue weighted by atomic mass is 35.5. The number of carbonyl (C=O) groups is 2. The molecule has 4 aromatic rings. The van der Waals surface area contributed by atoms with Gasteiger partial charge in [-0.2, -0.15) is 0 Å². The SMILES string of the molecule is Cc1cc(C[C@@H](NC(=O)N2CCC(n3c(=O)[nH]c4c5ccccc5ncc43)CC2)C(=O)N2CCC(N3CC4CC3CN4C)CC2)cc(Cl)c1N. The first kappa shape index (κ1) is 33.0. The highest BCUT2D eigenvalue weighted by molar-refractivity contribution is 6.33. The van der Waals surface area contributed by atoms with Gasteiger partial charge in [-0.15, -0.1) is 0 Å². The molecule has 2 bridgehead atoms. The lowest BCUT2D eigenvalue weighted by molar-refractivity contribution is -0.135. The number of hydrogen-bond acceptors (Lipinski definition) is 7. The van der Waals surface area contributed by atoms with Crippen LogP contribution in [0, 0.1) is 6.92 Å². The molecule has 0 radical (unpaired) electrons. The van der Waals surface area contributed by atoms with Crippen LogP contribution in [-0.4, -0.2) is 117 Å². The van der Waals surface area contributed by atoms with E-state index in [-0.39, 0.29) is 23.7 Å². The number of H-pyrrole nitrogens is 1. The van der Waals surface area contributed by atoms with Gasteiger partial charge in [-0.3, -0.25) is 19.2 Å². The lowest BCUT2D eigenvalue weighted by Gasteiger charge is -2.42. The minimum atomic E-state index is -0.747. The normalized spacial score (nSPS) is 22.9. The van der Waals surface area contributed by atoms with Crippen molar-refractivity contribution in [3.63, 3.8) is 0 Å². The molecule has 0 saturated carbocycles. The lowest BCUT2D eigenvalue weighted by Crippen LogP contribution is -2.57. The number of para-hydroxylation sites is 1. The topological polar surface area (TPSA) is 136 Å². The first-order valence-electron chi connectivity index (χ1n) is 18.0. The number of imidazole rings is 1. The third-order valence-corrected chi connectivity index (χ3v) is 12.1. The minimum Gasteiger partial charge on any atom is -0.397 e. The van der Waals surface area contributed by atoms with Gasteiger partial charge in [0.25, 0.3) is 0 Å². The van der Waals surface area contributed by atoms with Gasteiger partial charge in [0.05, 0.1) is 33.5 Å². The zero-order valence-electron chi connectivity index (χ0n) is 28.8. The number of nitrogens with two attached hydrogens (primary N) is 1. The number of rotatable bonds is 6. The fourth-order valence-electron chi connectivity index (χ4n) is 9.01. The second-order valence-electron chi connectivity index (χ2n) is 14.8. The molecule has 4 aliphatic heterocycles. The summed E-state index contributed by atoms with van der Waals surface area (Å²) in [6, 6.07) is 12.2. The first-order chi connectivity index (χ1) is 24.1. The fourth-order valence-corrected chi connectivity index (χ4v) is 9.30. The number of nitrogen functional groups attached to an aromatic ring is 1. The van der Waals surface area contributed by atoms with Crippen molar-refractivity contribution >= 4 is 51.2 Å². The van der Waals surface area contributed by atoms with E-state index in [1.54, 1.807) is 21.7 Å². The van der Waals surface area contributed by atoms with Gasteiger partial charge >= 0.3 is 11.7 Å². The number of halogens is 1. The van der Waals surface area contributed by atoms with E-state index in [2.05, 4.69) is 32.1 Å². The summed E-state index contributed by atoms with van der Waals surface area (Å²) >= 11 is 6.45. The molecule has 4 N–H and O–H groups in total. The molecule has 8 rings (SSSR count). The summed E-state index contributed by atoms with van der Waals surface area (Å²) in [4.78, 5) is 57.7. The maximum atomic E-state index is 14.2. The van der Waals surface area contributed by atoms with Gasteiger partial charge in [-0.05, 0) is 69.3 Å². The summed E-state index contributed by atoms with van der Waals surface area (Å²) < 4.78 is 1.79. The van der Waals surface area contributed by atoms with Crippen LogP contribution in [-0.2, 0) is 11.2 Å². The van der Waals surface area contributed by atoms with Crippen molar-refractivity contribution in [3.8, 4) is 0 Å². The molecule has 0 spiro atoms. The average molecular weight is 700 g/mol. The number of piperazine rings is 1. The molecule has 50 heavy (non-hydrogen) atoms. The Balaban J connectivity index is 0.948. The molecule has 6 heterocycles. The smallest absolute Gasteiger partial charge is 0.326 e. The van der Waals surface area contributed by atoms with E-state index in [1.165, 1.54) is 6.42 Å². The monoisotopic (exact) mass is 699 g/mol. The zero-order chi connectivity index (χ0) is 34.7. The van der Waals surface area contributed by atoms with Crippen LogP contribution in [0.25, 0.3) is 21.9 Å². The predicted molar refractivity (Wildman–Crippen MR) is 195 cm³/mol. The minimum absolute atomic E-state index is 0.0648. The van der Waals surface area contributed by atoms with Crippen molar-refractivity contribution in [2.24, 2.45) is 0 Å². The van der Waals surface area contributed by atoms with E-state index >= 15 is 0 Å². The Morgan fingerprint density at radius 1 is 1.00 bits per heavy atom. The molecular formula is C37H46ClN9O3. The van der Waals surface area contributed by atoms with Crippen molar-refractivity contribution in [2.75, 3.05) is 52.0 Å². The number of amides is 3. The van der Waals surface area contributed by atoms with Gasteiger partial charge in [0.15, 0.2) is 0 Å². The number of likely N-dealkylation sites (N-methyl/N-ethyl adjacent to an activating group) is 1. The molecule has 2 unspecified atom stereocenters.